The van der Waals surface area contributed by atoms with E-state index in [4.69, 9.17) is 0 Å². The number of rotatable bonds is 6. The first-order chi connectivity index (χ1) is 14.4. The molecule has 0 radical (unpaired) electrons. The summed E-state index contributed by atoms with van der Waals surface area (Å²) in [5.74, 6) is 0.204. The van der Waals surface area contributed by atoms with Crippen molar-refractivity contribution in [3.8, 4) is 0 Å². The van der Waals surface area contributed by atoms with Crippen molar-refractivity contribution in [3.63, 3.8) is 0 Å². The zero-order chi connectivity index (χ0) is 21.6. The highest BCUT2D eigenvalue weighted by atomic mass is 32.2. The molecule has 30 heavy (non-hydrogen) atoms. The predicted octanol–water partition coefficient (Wildman–Crippen LogP) is 2.25. The van der Waals surface area contributed by atoms with Gasteiger partial charge in [0.25, 0.3) is 0 Å². The number of benzene rings is 1. The number of amides is 2. The van der Waals surface area contributed by atoms with Crippen molar-refractivity contribution in [3.05, 3.63) is 35.9 Å². The normalized spacial score (nSPS) is 18.7. The molecular formula is C22H31N3O4S. The minimum Gasteiger partial charge on any atom is -0.342 e. The fourth-order valence-corrected chi connectivity index (χ4v) is 5.06. The highest BCUT2D eigenvalue weighted by Crippen LogP contribution is 2.22. The summed E-state index contributed by atoms with van der Waals surface area (Å²) in [6.45, 7) is 4.98. The number of hydrogen-bond donors (Lipinski definition) is 1. The average Bonchev–Trinajstić information content (AvgIpc) is 2.78. The zero-order valence-electron chi connectivity index (χ0n) is 17.5. The van der Waals surface area contributed by atoms with Crippen LogP contribution in [0.5, 0.6) is 0 Å². The number of carbonyl (C=O) groups is 2. The summed E-state index contributed by atoms with van der Waals surface area (Å²) in [5, 5.41) is 0. The number of nitrogens with one attached hydrogen (secondary N) is 1. The van der Waals surface area contributed by atoms with E-state index in [0.29, 0.717) is 32.5 Å². The van der Waals surface area contributed by atoms with E-state index in [1.54, 1.807) is 30.0 Å². The maximum absolute atomic E-state index is 12.6. The average molecular weight is 434 g/mol. The Morgan fingerprint density at radius 2 is 1.63 bits per heavy atom. The van der Waals surface area contributed by atoms with Crippen molar-refractivity contribution >= 4 is 27.9 Å². The van der Waals surface area contributed by atoms with E-state index in [1.165, 1.54) is 24.6 Å². The molecule has 2 aliphatic rings. The van der Waals surface area contributed by atoms with Gasteiger partial charge in [0.2, 0.25) is 21.8 Å². The molecule has 2 aliphatic heterocycles. The third kappa shape index (κ3) is 5.70. The second-order valence-electron chi connectivity index (χ2n) is 7.89. The first-order valence-electron chi connectivity index (χ1n) is 10.8. The maximum Gasteiger partial charge on any atom is 0.246 e. The van der Waals surface area contributed by atoms with Gasteiger partial charge < -0.3 is 9.80 Å². The van der Waals surface area contributed by atoms with Gasteiger partial charge in [0.15, 0.2) is 0 Å². The third-order valence-electron chi connectivity index (χ3n) is 5.77. The number of carbonyl (C=O) groups excluding carboxylic acids is 2. The van der Waals surface area contributed by atoms with Crippen LogP contribution in [0, 0.1) is 5.92 Å². The number of nitrogens with zero attached hydrogens (tertiary/aromatic N) is 2. The van der Waals surface area contributed by atoms with Crippen LogP contribution in [0.4, 0.5) is 0 Å². The molecule has 2 saturated heterocycles. The standard InChI is InChI=1S/C22H31N3O4S/c1-2-23-30(28,29)20-9-6-18(7-10-20)8-11-21(26)24-16-12-19(13-17-24)22(27)25-14-4-3-5-15-25/h6-11,19,23H,2-5,12-17H2,1H3/b11-8+. The molecule has 8 heteroatoms. The molecule has 0 aromatic heterocycles. The molecule has 0 bridgehead atoms. The Labute approximate surface area is 179 Å². The lowest BCUT2D eigenvalue weighted by Gasteiger charge is -2.35. The van der Waals surface area contributed by atoms with Crippen LogP contribution in [0.15, 0.2) is 35.2 Å². The van der Waals surface area contributed by atoms with Crippen molar-refractivity contribution in [1.82, 2.24) is 14.5 Å². The van der Waals surface area contributed by atoms with Crippen LogP contribution in [0.1, 0.15) is 44.6 Å². The van der Waals surface area contributed by atoms with Gasteiger partial charge in [-0.1, -0.05) is 19.1 Å². The van der Waals surface area contributed by atoms with Crippen LogP contribution < -0.4 is 4.72 Å². The maximum atomic E-state index is 12.6. The van der Waals surface area contributed by atoms with Gasteiger partial charge in [0.05, 0.1) is 4.90 Å². The van der Waals surface area contributed by atoms with Crippen LogP contribution in [-0.4, -0.2) is 62.8 Å². The van der Waals surface area contributed by atoms with Crippen molar-refractivity contribution in [2.45, 2.75) is 43.9 Å². The second-order valence-corrected chi connectivity index (χ2v) is 9.66. The molecule has 0 atom stereocenters. The molecule has 0 saturated carbocycles. The lowest BCUT2D eigenvalue weighted by molar-refractivity contribution is -0.140. The molecule has 1 aromatic rings. The van der Waals surface area contributed by atoms with Gasteiger partial charge in [-0.05, 0) is 55.9 Å². The van der Waals surface area contributed by atoms with Crippen molar-refractivity contribution in [2.75, 3.05) is 32.7 Å². The van der Waals surface area contributed by atoms with Gasteiger partial charge in [0, 0.05) is 44.7 Å². The summed E-state index contributed by atoms with van der Waals surface area (Å²) in [6, 6.07) is 6.41. The number of sulfonamides is 1. The molecule has 2 amide bonds. The topological polar surface area (TPSA) is 86.8 Å². The summed E-state index contributed by atoms with van der Waals surface area (Å²) in [4.78, 5) is 29.1. The monoisotopic (exact) mass is 433 g/mol. The summed E-state index contributed by atoms with van der Waals surface area (Å²) in [7, 11) is -3.48. The summed E-state index contributed by atoms with van der Waals surface area (Å²) < 4.78 is 26.4. The molecular weight excluding hydrogens is 402 g/mol. The number of piperidine rings is 2. The predicted molar refractivity (Wildman–Crippen MR) is 116 cm³/mol. The van der Waals surface area contributed by atoms with Crippen LogP contribution in [-0.2, 0) is 19.6 Å². The van der Waals surface area contributed by atoms with Crippen LogP contribution in [0.25, 0.3) is 6.08 Å². The SMILES string of the molecule is CCNS(=O)(=O)c1ccc(/C=C/C(=O)N2CCC(C(=O)N3CCCCC3)CC2)cc1. The fraction of sp³-hybridized carbons (Fsp3) is 0.545. The van der Waals surface area contributed by atoms with E-state index >= 15 is 0 Å². The minimum absolute atomic E-state index is 0.0300. The van der Waals surface area contributed by atoms with E-state index in [-0.39, 0.29) is 22.6 Å². The summed E-state index contributed by atoms with van der Waals surface area (Å²) in [6.07, 6.45) is 8.03. The van der Waals surface area contributed by atoms with Crippen molar-refractivity contribution < 1.29 is 18.0 Å². The van der Waals surface area contributed by atoms with Gasteiger partial charge in [-0.2, -0.15) is 0 Å². The summed E-state index contributed by atoms with van der Waals surface area (Å²) >= 11 is 0. The van der Waals surface area contributed by atoms with Crippen molar-refractivity contribution in [1.29, 1.82) is 0 Å². The van der Waals surface area contributed by atoms with Crippen LogP contribution in [0.3, 0.4) is 0 Å². The van der Waals surface area contributed by atoms with E-state index in [1.807, 2.05) is 4.90 Å². The first-order valence-corrected chi connectivity index (χ1v) is 12.2. The molecule has 164 valence electrons. The fourth-order valence-electron chi connectivity index (χ4n) is 4.02. The quantitative estimate of drug-likeness (QED) is 0.697. The van der Waals surface area contributed by atoms with Crippen LogP contribution in [0.2, 0.25) is 0 Å². The third-order valence-corrected chi connectivity index (χ3v) is 7.33. The summed E-state index contributed by atoms with van der Waals surface area (Å²) in [5.41, 5.74) is 0.758. The Balaban J connectivity index is 1.50. The zero-order valence-corrected chi connectivity index (χ0v) is 18.4. The Morgan fingerprint density at radius 3 is 2.23 bits per heavy atom. The Bertz CT molecular complexity index is 866. The van der Waals surface area contributed by atoms with E-state index in [9.17, 15) is 18.0 Å². The van der Waals surface area contributed by atoms with E-state index < -0.39 is 10.0 Å². The highest BCUT2D eigenvalue weighted by Gasteiger charge is 2.30. The molecule has 7 nitrogen and oxygen atoms in total. The molecule has 0 spiro atoms. The molecule has 0 unspecified atom stereocenters. The molecule has 2 fully saturated rings. The largest absolute Gasteiger partial charge is 0.342 e. The Hall–Kier alpha value is -2.19. The molecule has 3 rings (SSSR count). The van der Waals surface area contributed by atoms with E-state index in [0.717, 1.165) is 31.5 Å². The van der Waals surface area contributed by atoms with Gasteiger partial charge in [0.1, 0.15) is 0 Å². The molecule has 1 N–H and O–H groups in total. The lowest BCUT2D eigenvalue weighted by atomic mass is 9.94. The lowest BCUT2D eigenvalue weighted by Crippen LogP contribution is -2.45. The van der Waals surface area contributed by atoms with Crippen molar-refractivity contribution in [2.24, 2.45) is 5.92 Å². The smallest absolute Gasteiger partial charge is 0.246 e. The first kappa shape index (κ1) is 22.5. The highest BCUT2D eigenvalue weighted by molar-refractivity contribution is 7.89. The minimum atomic E-state index is -3.48. The van der Waals surface area contributed by atoms with Gasteiger partial charge in [-0.15, -0.1) is 0 Å². The molecule has 1 aromatic carbocycles. The Kier molecular flexibility index (Phi) is 7.66. The molecule has 2 heterocycles. The molecule has 0 aliphatic carbocycles. The van der Waals surface area contributed by atoms with Gasteiger partial charge in [-0.3, -0.25) is 9.59 Å². The van der Waals surface area contributed by atoms with Gasteiger partial charge in [-0.25, -0.2) is 13.1 Å². The van der Waals surface area contributed by atoms with E-state index in [2.05, 4.69) is 4.72 Å². The number of hydrogen-bond acceptors (Lipinski definition) is 4. The second kappa shape index (κ2) is 10.2. The van der Waals surface area contributed by atoms with Crippen LogP contribution >= 0.6 is 0 Å². The number of likely N-dealkylation sites (tertiary alicyclic amines) is 2. The Morgan fingerprint density at radius 1 is 1.00 bits per heavy atom. The van der Waals surface area contributed by atoms with Gasteiger partial charge >= 0.3 is 0 Å².